The molecule has 1 atom stereocenters. The number of thiol groups is 1. The van der Waals surface area contributed by atoms with Crippen LogP contribution in [-0.2, 0) is 6.54 Å². The molecule has 0 radical (unpaired) electrons. The lowest BCUT2D eigenvalue weighted by Crippen LogP contribution is -2.11. The molecule has 2 aromatic heterocycles. The van der Waals surface area contributed by atoms with E-state index in [4.69, 9.17) is 0 Å². The Bertz CT molecular complexity index is 829. The summed E-state index contributed by atoms with van der Waals surface area (Å²) in [6, 6.07) is 9.57. The van der Waals surface area contributed by atoms with Crippen LogP contribution < -0.4 is 0 Å². The number of rotatable bonds is 5. The molecule has 0 N–H and O–H groups in total. The third-order valence-electron chi connectivity index (χ3n) is 3.47. The van der Waals surface area contributed by atoms with Crippen molar-refractivity contribution < 1.29 is 4.92 Å². The van der Waals surface area contributed by atoms with Crippen LogP contribution in [0.5, 0.6) is 0 Å². The number of hydrogen-bond donors (Lipinski definition) is 1. The molecule has 0 bridgehead atoms. The number of imidazole rings is 1. The van der Waals surface area contributed by atoms with E-state index in [-0.39, 0.29) is 5.82 Å². The van der Waals surface area contributed by atoms with E-state index in [1.165, 1.54) is 10.8 Å². The third kappa shape index (κ3) is 2.70. The molecule has 0 aliphatic carbocycles. The number of benzene rings is 1. The summed E-state index contributed by atoms with van der Waals surface area (Å²) in [6.45, 7) is 2.24. The van der Waals surface area contributed by atoms with Crippen LogP contribution in [0.25, 0.3) is 5.69 Å². The molecule has 1 unspecified atom stereocenters. The van der Waals surface area contributed by atoms with Gasteiger partial charge in [0.25, 0.3) is 0 Å². The highest BCUT2D eigenvalue weighted by atomic mass is 32.1. The Morgan fingerprint density at radius 2 is 2.04 bits per heavy atom. The molecule has 0 fully saturated rings. The van der Waals surface area contributed by atoms with Gasteiger partial charge in [0.15, 0.2) is 5.82 Å². The summed E-state index contributed by atoms with van der Waals surface area (Å²) >= 11 is 4.57. The number of nitro groups is 1. The molecule has 9 heteroatoms. The fourth-order valence-electron chi connectivity index (χ4n) is 2.40. The summed E-state index contributed by atoms with van der Waals surface area (Å²) in [5.41, 5.74) is 0.885. The topological polar surface area (TPSA) is 91.7 Å². The van der Waals surface area contributed by atoms with Gasteiger partial charge in [-0.1, -0.05) is 18.2 Å². The van der Waals surface area contributed by atoms with Crippen molar-refractivity contribution in [2.45, 2.75) is 18.7 Å². The van der Waals surface area contributed by atoms with Crippen LogP contribution in [0.2, 0.25) is 0 Å². The van der Waals surface area contributed by atoms with Crippen molar-refractivity contribution in [1.82, 2.24) is 24.3 Å². The van der Waals surface area contributed by atoms with Gasteiger partial charge < -0.3 is 10.1 Å². The highest BCUT2D eigenvalue weighted by Gasteiger charge is 2.28. The van der Waals surface area contributed by atoms with E-state index in [2.05, 4.69) is 27.8 Å². The lowest BCUT2D eigenvalue weighted by atomic mass is 10.3. The third-order valence-corrected chi connectivity index (χ3v) is 3.93. The molecule has 0 spiro atoms. The van der Waals surface area contributed by atoms with Crippen LogP contribution in [-0.4, -0.2) is 29.2 Å². The molecule has 3 aromatic rings. The number of aromatic nitrogens is 5. The summed E-state index contributed by atoms with van der Waals surface area (Å²) < 4.78 is 3.31. The molecule has 0 aliphatic heterocycles. The first kappa shape index (κ1) is 15.2. The maximum Gasteiger partial charge on any atom is 0.342 e. The molecular weight excluding hydrogens is 316 g/mol. The molecule has 2 heterocycles. The van der Waals surface area contributed by atoms with Crippen molar-refractivity contribution in [2.75, 3.05) is 0 Å². The number of para-hydroxylation sites is 1. The lowest BCUT2D eigenvalue weighted by Gasteiger charge is -2.11. The predicted octanol–water partition coefficient (Wildman–Crippen LogP) is 2.41. The largest absolute Gasteiger partial charge is 0.358 e. The van der Waals surface area contributed by atoms with Gasteiger partial charge in [-0.05, 0) is 24.0 Å². The highest BCUT2D eigenvalue weighted by molar-refractivity contribution is 7.80. The average Bonchev–Trinajstić information content (AvgIpc) is 3.21. The Kier molecular flexibility index (Phi) is 4.11. The van der Waals surface area contributed by atoms with Gasteiger partial charge in [-0.3, -0.25) is 4.57 Å². The Labute approximate surface area is 137 Å². The van der Waals surface area contributed by atoms with Gasteiger partial charge in [-0.2, -0.15) is 12.6 Å². The van der Waals surface area contributed by atoms with Crippen LogP contribution in [0, 0.1) is 10.1 Å². The second kappa shape index (κ2) is 6.21. The molecule has 3 rings (SSSR count). The molecule has 118 valence electrons. The molecule has 23 heavy (non-hydrogen) atoms. The first-order chi connectivity index (χ1) is 11.1. The van der Waals surface area contributed by atoms with Crippen LogP contribution in [0.3, 0.4) is 0 Å². The second-order valence-corrected chi connectivity index (χ2v) is 5.29. The zero-order valence-electron chi connectivity index (χ0n) is 12.3. The van der Waals surface area contributed by atoms with Crippen molar-refractivity contribution in [3.63, 3.8) is 0 Å². The summed E-state index contributed by atoms with van der Waals surface area (Å²) in [7, 11) is 0. The highest BCUT2D eigenvalue weighted by Crippen LogP contribution is 2.30. The quantitative estimate of drug-likeness (QED) is 0.441. The molecule has 8 nitrogen and oxygen atoms in total. The lowest BCUT2D eigenvalue weighted by molar-refractivity contribution is -0.392. The number of hydrogen-bond acceptors (Lipinski definition) is 6. The smallest absolute Gasteiger partial charge is 0.342 e. The Balaban J connectivity index is 2.04. The van der Waals surface area contributed by atoms with E-state index in [0.29, 0.717) is 18.2 Å². The van der Waals surface area contributed by atoms with Crippen molar-refractivity contribution >= 4 is 18.4 Å². The van der Waals surface area contributed by atoms with Gasteiger partial charge in [-0.15, -0.1) is 10.2 Å². The Hall–Kier alpha value is -2.68. The zero-order chi connectivity index (χ0) is 16.4. The maximum atomic E-state index is 11.1. The molecule has 0 amide bonds. The van der Waals surface area contributed by atoms with Crippen LogP contribution in [0.4, 0.5) is 5.82 Å². The standard InChI is InChI=1S/C14H14N6O2S/c1-2-18-11(20(21)22)8-15-13(18)12(23)14-17-16-9-19(14)10-6-4-3-5-7-10/h3-9,12,23H,2H2,1H3. The molecule has 0 saturated carbocycles. The van der Waals surface area contributed by atoms with Crippen LogP contribution in [0.1, 0.15) is 23.8 Å². The number of nitrogens with zero attached hydrogens (tertiary/aromatic N) is 6. The van der Waals surface area contributed by atoms with Gasteiger partial charge >= 0.3 is 5.82 Å². The summed E-state index contributed by atoms with van der Waals surface area (Å²) in [5, 5.41) is 18.6. The molecule has 0 aliphatic rings. The van der Waals surface area contributed by atoms with Crippen molar-refractivity contribution in [3.8, 4) is 5.69 Å². The fraction of sp³-hybridized carbons (Fsp3) is 0.214. The summed E-state index contributed by atoms with van der Waals surface area (Å²) in [5.74, 6) is 0.953. The molecule has 0 saturated heterocycles. The normalized spacial score (nSPS) is 12.3. The second-order valence-electron chi connectivity index (χ2n) is 4.77. The zero-order valence-corrected chi connectivity index (χ0v) is 13.2. The predicted molar refractivity (Wildman–Crippen MR) is 86.7 cm³/mol. The van der Waals surface area contributed by atoms with E-state index in [1.807, 2.05) is 37.3 Å². The molecular formula is C14H14N6O2S. The fourth-order valence-corrected chi connectivity index (χ4v) is 2.78. The van der Waals surface area contributed by atoms with Gasteiger partial charge in [-0.25, -0.2) is 9.55 Å². The SMILES string of the molecule is CCn1c([N+](=O)[O-])cnc1C(S)c1nncn1-c1ccccc1. The van der Waals surface area contributed by atoms with Crippen LogP contribution in [0.15, 0.2) is 42.9 Å². The van der Waals surface area contributed by atoms with Crippen LogP contribution >= 0.6 is 12.6 Å². The van der Waals surface area contributed by atoms with Gasteiger partial charge in [0.1, 0.15) is 17.8 Å². The van der Waals surface area contributed by atoms with E-state index < -0.39 is 10.2 Å². The summed E-state index contributed by atoms with van der Waals surface area (Å²) in [4.78, 5) is 14.8. The average molecular weight is 330 g/mol. The maximum absolute atomic E-state index is 11.1. The minimum absolute atomic E-state index is 0.0627. The van der Waals surface area contributed by atoms with Gasteiger partial charge in [0, 0.05) is 5.69 Å². The van der Waals surface area contributed by atoms with E-state index in [1.54, 1.807) is 10.9 Å². The monoisotopic (exact) mass is 330 g/mol. The van der Waals surface area contributed by atoms with E-state index in [9.17, 15) is 10.1 Å². The van der Waals surface area contributed by atoms with Gasteiger partial charge in [0.05, 0.1) is 6.54 Å². The van der Waals surface area contributed by atoms with Crippen molar-refractivity contribution in [3.05, 3.63) is 64.6 Å². The van der Waals surface area contributed by atoms with E-state index >= 15 is 0 Å². The first-order valence-corrected chi connectivity index (χ1v) is 7.48. The van der Waals surface area contributed by atoms with E-state index in [0.717, 1.165) is 5.69 Å². The summed E-state index contributed by atoms with van der Waals surface area (Å²) in [6.07, 6.45) is 2.83. The van der Waals surface area contributed by atoms with Crippen molar-refractivity contribution in [1.29, 1.82) is 0 Å². The Morgan fingerprint density at radius 1 is 1.30 bits per heavy atom. The molecule has 1 aromatic carbocycles. The van der Waals surface area contributed by atoms with Crippen molar-refractivity contribution in [2.24, 2.45) is 0 Å². The minimum Gasteiger partial charge on any atom is -0.358 e. The first-order valence-electron chi connectivity index (χ1n) is 6.96. The Morgan fingerprint density at radius 3 is 2.70 bits per heavy atom. The minimum atomic E-state index is -0.536. The van der Waals surface area contributed by atoms with Gasteiger partial charge in [0.2, 0.25) is 5.82 Å².